The lowest BCUT2D eigenvalue weighted by Gasteiger charge is -1.97. The van der Waals surface area contributed by atoms with E-state index in [-0.39, 0.29) is 11.6 Å². The van der Waals surface area contributed by atoms with Crippen molar-refractivity contribution in [3.8, 4) is 10.7 Å². The third-order valence-corrected chi connectivity index (χ3v) is 3.98. The van der Waals surface area contributed by atoms with Gasteiger partial charge in [0, 0.05) is 30.6 Å². The van der Waals surface area contributed by atoms with Gasteiger partial charge in [-0.2, -0.15) is 0 Å². The molecule has 19 heavy (non-hydrogen) atoms. The molecule has 0 bridgehead atoms. The lowest BCUT2D eigenvalue weighted by molar-refractivity contribution is -0.118. The number of carbonyl (C=O) groups is 2. The van der Waals surface area contributed by atoms with Gasteiger partial charge in [-0.1, -0.05) is 0 Å². The first-order chi connectivity index (χ1) is 9.06. The molecule has 0 saturated heterocycles. The van der Waals surface area contributed by atoms with Crippen molar-refractivity contribution in [2.45, 2.75) is 13.3 Å². The van der Waals surface area contributed by atoms with Gasteiger partial charge in [0.15, 0.2) is 5.69 Å². The van der Waals surface area contributed by atoms with Gasteiger partial charge >= 0.3 is 5.97 Å². The van der Waals surface area contributed by atoms with Gasteiger partial charge in [-0.05, 0) is 0 Å². The highest BCUT2D eigenvalue weighted by molar-refractivity contribution is 7.14. The first-order valence-corrected chi connectivity index (χ1v) is 7.20. The first-order valence-electron chi connectivity index (χ1n) is 5.44. The van der Waals surface area contributed by atoms with Gasteiger partial charge in [-0.3, -0.25) is 4.79 Å². The summed E-state index contributed by atoms with van der Waals surface area (Å²) in [6, 6.07) is 0. The normalized spacial score (nSPS) is 10.4. The minimum Gasteiger partial charge on any atom is -0.476 e. The number of carboxylic acid groups (broad SMARTS) is 1. The minimum atomic E-state index is -1.04. The topological polar surface area (TPSA) is 92.2 Å². The average molecular weight is 297 g/mol. The summed E-state index contributed by atoms with van der Waals surface area (Å²) in [5.74, 6) is -1.11. The Labute approximate surface area is 117 Å². The lowest BCUT2D eigenvalue weighted by atomic mass is 10.4. The molecule has 2 heterocycles. The second-order valence-corrected chi connectivity index (χ2v) is 5.50. The summed E-state index contributed by atoms with van der Waals surface area (Å²) in [4.78, 5) is 29.8. The number of aromatic nitrogens is 2. The zero-order chi connectivity index (χ0) is 13.8. The molecule has 0 saturated carbocycles. The standard InChI is InChI=1S/C11H11N3O3S2/c1-6(15)12-3-2-9-13-7(4-18-9)10-14-8(5-19-10)11(16)17/h4-5H,2-3H2,1H3,(H,12,15)(H,16,17). The molecule has 2 rings (SSSR count). The van der Waals surface area contributed by atoms with Gasteiger partial charge in [0.1, 0.15) is 10.7 Å². The molecule has 0 spiro atoms. The molecular formula is C11H11N3O3S2. The predicted octanol–water partition coefficient (Wildman–Crippen LogP) is 1.64. The van der Waals surface area contributed by atoms with E-state index in [0.29, 0.717) is 23.7 Å². The molecule has 0 unspecified atom stereocenters. The van der Waals surface area contributed by atoms with E-state index >= 15 is 0 Å². The smallest absolute Gasteiger partial charge is 0.355 e. The molecule has 100 valence electrons. The van der Waals surface area contributed by atoms with E-state index in [1.807, 2.05) is 5.38 Å². The van der Waals surface area contributed by atoms with Crippen LogP contribution in [0.4, 0.5) is 0 Å². The van der Waals surface area contributed by atoms with Crippen LogP contribution in [-0.4, -0.2) is 33.5 Å². The van der Waals surface area contributed by atoms with Gasteiger partial charge in [0.25, 0.3) is 0 Å². The Hall–Kier alpha value is -1.80. The van der Waals surface area contributed by atoms with Crippen molar-refractivity contribution in [2.24, 2.45) is 0 Å². The Morgan fingerprint density at radius 2 is 2.11 bits per heavy atom. The Balaban J connectivity index is 2.03. The molecular weight excluding hydrogens is 286 g/mol. The Kier molecular flexibility index (Phi) is 4.23. The first kappa shape index (κ1) is 13.6. The van der Waals surface area contributed by atoms with E-state index < -0.39 is 5.97 Å². The summed E-state index contributed by atoms with van der Waals surface area (Å²) >= 11 is 2.73. The second-order valence-electron chi connectivity index (χ2n) is 3.70. The zero-order valence-corrected chi connectivity index (χ0v) is 11.7. The highest BCUT2D eigenvalue weighted by atomic mass is 32.1. The van der Waals surface area contributed by atoms with E-state index in [1.165, 1.54) is 35.0 Å². The van der Waals surface area contributed by atoms with Crippen molar-refractivity contribution in [1.82, 2.24) is 15.3 Å². The van der Waals surface area contributed by atoms with Crippen LogP contribution in [0.5, 0.6) is 0 Å². The molecule has 2 N–H and O–H groups in total. The van der Waals surface area contributed by atoms with Gasteiger partial charge in [0.05, 0.1) is 5.01 Å². The summed E-state index contributed by atoms with van der Waals surface area (Å²) in [5.41, 5.74) is 0.716. The van der Waals surface area contributed by atoms with Crippen LogP contribution in [0.1, 0.15) is 22.4 Å². The number of aromatic carboxylic acids is 1. The van der Waals surface area contributed by atoms with Crippen LogP contribution < -0.4 is 5.32 Å². The summed E-state index contributed by atoms with van der Waals surface area (Å²) in [5, 5.41) is 16.3. The fourth-order valence-electron chi connectivity index (χ4n) is 1.36. The molecule has 6 nitrogen and oxygen atoms in total. The van der Waals surface area contributed by atoms with Crippen molar-refractivity contribution in [2.75, 3.05) is 6.54 Å². The summed E-state index contributed by atoms with van der Waals surface area (Å²) in [6.45, 7) is 2.01. The molecule has 0 radical (unpaired) electrons. The Morgan fingerprint density at radius 1 is 1.32 bits per heavy atom. The van der Waals surface area contributed by atoms with E-state index in [1.54, 1.807) is 0 Å². The predicted molar refractivity (Wildman–Crippen MR) is 72.6 cm³/mol. The zero-order valence-electron chi connectivity index (χ0n) is 10.0. The number of nitrogens with one attached hydrogen (secondary N) is 1. The number of carbonyl (C=O) groups excluding carboxylic acids is 1. The van der Waals surface area contributed by atoms with Crippen LogP contribution in [0.15, 0.2) is 10.8 Å². The number of amides is 1. The molecule has 2 aromatic rings. The maximum absolute atomic E-state index is 10.7. The van der Waals surface area contributed by atoms with Crippen LogP contribution in [0.2, 0.25) is 0 Å². The number of hydrogen-bond acceptors (Lipinski definition) is 6. The summed E-state index contributed by atoms with van der Waals surface area (Å²) in [6.07, 6.45) is 0.654. The maximum atomic E-state index is 10.7. The molecule has 0 aliphatic carbocycles. The highest BCUT2D eigenvalue weighted by Gasteiger charge is 2.12. The summed E-state index contributed by atoms with van der Waals surface area (Å²) < 4.78 is 0. The third-order valence-electron chi connectivity index (χ3n) is 2.21. The lowest BCUT2D eigenvalue weighted by Crippen LogP contribution is -2.22. The minimum absolute atomic E-state index is 0.0350. The highest BCUT2D eigenvalue weighted by Crippen LogP contribution is 2.25. The van der Waals surface area contributed by atoms with Gasteiger partial charge < -0.3 is 10.4 Å². The van der Waals surface area contributed by atoms with Crippen molar-refractivity contribution in [3.63, 3.8) is 0 Å². The van der Waals surface area contributed by atoms with Crippen LogP contribution in [-0.2, 0) is 11.2 Å². The van der Waals surface area contributed by atoms with E-state index in [9.17, 15) is 9.59 Å². The van der Waals surface area contributed by atoms with Crippen LogP contribution in [0, 0.1) is 0 Å². The maximum Gasteiger partial charge on any atom is 0.355 e. The van der Waals surface area contributed by atoms with Crippen molar-refractivity contribution in [1.29, 1.82) is 0 Å². The Morgan fingerprint density at radius 3 is 2.74 bits per heavy atom. The average Bonchev–Trinajstić information content (AvgIpc) is 2.95. The van der Waals surface area contributed by atoms with E-state index in [2.05, 4.69) is 15.3 Å². The molecule has 0 aliphatic heterocycles. The molecule has 8 heteroatoms. The second kappa shape index (κ2) is 5.89. The number of rotatable bonds is 5. The number of carboxylic acids is 1. The van der Waals surface area contributed by atoms with Crippen molar-refractivity contribution >= 4 is 34.6 Å². The SMILES string of the molecule is CC(=O)NCCc1nc(-c2nc(C(=O)O)cs2)cs1. The van der Waals surface area contributed by atoms with Crippen LogP contribution in [0.3, 0.4) is 0 Å². The number of hydrogen-bond donors (Lipinski definition) is 2. The largest absolute Gasteiger partial charge is 0.476 e. The molecule has 1 amide bonds. The molecule has 0 atom stereocenters. The molecule has 0 fully saturated rings. The molecule has 0 aromatic carbocycles. The molecule has 0 aliphatic rings. The molecule has 2 aromatic heterocycles. The van der Waals surface area contributed by atoms with Gasteiger partial charge in [-0.15, -0.1) is 22.7 Å². The van der Waals surface area contributed by atoms with Crippen molar-refractivity contribution < 1.29 is 14.7 Å². The summed E-state index contributed by atoms with van der Waals surface area (Å²) in [7, 11) is 0. The van der Waals surface area contributed by atoms with E-state index in [0.717, 1.165) is 5.01 Å². The van der Waals surface area contributed by atoms with E-state index in [4.69, 9.17) is 5.11 Å². The van der Waals surface area contributed by atoms with Crippen molar-refractivity contribution in [3.05, 3.63) is 21.5 Å². The third kappa shape index (κ3) is 3.58. The Bertz CT molecular complexity index is 606. The van der Waals surface area contributed by atoms with Crippen LogP contribution >= 0.6 is 22.7 Å². The van der Waals surface area contributed by atoms with Crippen LogP contribution in [0.25, 0.3) is 10.7 Å². The van der Waals surface area contributed by atoms with Gasteiger partial charge in [0.2, 0.25) is 5.91 Å². The quantitative estimate of drug-likeness (QED) is 0.875. The number of thiazole rings is 2. The fraction of sp³-hybridized carbons (Fsp3) is 0.273. The van der Waals surface area contributed by atoms with Gasteiger partial charge in [-0.25, -0.2) is 14.8 Å². The number of nitrogens with zero attached hydrogens (tertiary/aromatic N) is 2. The monoisotopic (exact) mass is 297 g/mol. The fourth-order valence-corrected chi connectivity index (χ4v) is 2.97.